The number of hydrogen-bond donors (Lipinski definition) is 0. The van der Waals surface area contributed by atoms with Crippen LogP contribution in [0.4, 0.5) is 17.6 Å². The van der Waals surface area contributed by atoms with Crippen LogP contribution in [0.3, 0.4) is 0 Å². The van der Waals surface area contributed by atoms with Gasteiger partial charge in [-0.3, -0.25) is 0 Å². The molecule has 0 fully saturated rings. The molecule has 8 heavy (non-hydrogen) atoms. The summed E-state index contributed by atoms with van der Waals surface area (Å²) in [6, 6.07) is 0. The Bertz CT molecular complexity index is 41.8. The van der Waals surface area contributed by atoms with Crippen LogP contribution in [0.1, 0.15) is 0 Å². The molecule has 0 saturated heterocycles. The van der Waals surface area contributed by atoms with E-state index in [0.29, 0.717) is 0 Å². The van der Waals surface area contributed by atoms with E-state index in [9.17, 15) is 17.6 Å². The maximum absolute atomic E-state index is 10.4. The van der Waals surface area contributed by atoms with E-state index in [2.05, 4.69) is 0 Å². The number of rotatable bonds is 0. The van der Waals surface area contributed by atoms with Crippen molar-refractivity contribution in [3.63, 3.8) is 0 Å². The zero-order valence-corrected chi connectivity index (χ0v) is 2.72. The normalized spacial score (nSPS) is 9.00. The van der Waals surface area contributed by atoms with Gasteiger partial charge >= 0.3 is 109 Å². The number of alkyl halides is 4. The fourth-order valence-corrected chi connectivity index (χ4v) is 0. The van der Waals surface area contributed by atoms with Gasteiger partial charge in [0.15, 0.2) is 6.67 Å². The van der Waals surface area contributed by atoms with Crippen molar-refractivity contribution in [1.29, 1.82) is 0 Å². The Balaban J connectivity index is -0.000000125. The molecule has 0 aromatic heterocycles. The summed E-state index contributed by atoms with van der Waals surface area (Å²) in [5, 5.41) is 0. The summed E-state index contributed by atoms with van der Waals surface area (Å²) in [6.07, 6.45) is -4.62. The Morgan fingerprint density at radius 1 is 1.00 bits per heavy atom. The van der Waals surface area contributed by atoms with Crippen molar-refractivity contribution in [3.8, 4) is 0 Å². The van der Waals surface area contributed by atoms with Crippen LogP contribution < -0.4 is 0 Å². The first-order valence-corrected chi connectivity index (χ1v) is 1.19. The second-order valence-electron chi connectivity index (χ2n) is 0.749. The van der Waals surface area contributed by atoms with E-state index in [-0.39, 0.29) is 103 Å². The Hall–Kier alpha value is 2.99. The SMILES string of the molecule is FCC(F)(F)F.[KH].[KH]. The summed E-state index contributed by atoms with van der Waals surface area (Å²) in [5.41, 5.74) is 0. The summed E-state index contributed by atoms with van der Waals surface area (Å²) in [7, 11) is 0. The average molecular weight is 182 g/mol. The second kappa shape index (κ2) is 8.09. The van der Waals surface area contributed by atoms with Crippen molar-refractivity contribution >= 4 is 103 Å². The van der Waals surface area contributed by atoms with E-state index < -0.39 is 12.9 Å². The molecule has 0 aromatic carbocycles. The van der Waals surface area contributed by atoms with Crippen molar-refractivity contribution in [2.45, 2.75) is 6.18 Å². The number of halogens is 4. The predicted octanol–water partition coefficient (Wildman–Crippen LogP) is 0.221. The fraction of sp³-hybridized carbons (Fsp3) is 1.00. The van der Waals surface area contributed by atoms with Gasteiger partial charge in [0.1, 0.15) is 0 Å². The molecule has 6 heteroatoms. The van der Waals surface area contributed by atoms with Gasteiger partial charge in [0.25, 0.3) is 0 Å². The zero-order chi connectivity index (χ0) is 5.21. The van der Waals surface area contributed by atoms with Gasteiger partial charge < -0.3 is 0 Å². The van der Waals surface area contributed by atoms with Gasteiger partial charge in [0, 0.05) is 0 Å². The topological polar surface area (TPSA) is 0 Å². The van der Waals surface area contributed by atoms with E-state index in [4.69, 9.17) is 0 Å². The molecule has 0 nitrogen and oxygen atoms in total. The molecule has 0 aliphatic rings. The van der Waals surface area contributed by atoms with E-state index in [0.717, 1.165) is 0 Å². The van der Waals surface area contributed by atoms with Crippen LogP contribution in [0.25, 0.3) is 0 Å². The monoisotopic (exact) mass is 182 g/mol. The molecule has 0 unspecified atom stereocenters. The van der Waals surface area contributed by atoms with Crippen molar-refractivity contribution in [2.75, 3.05) is 6.67 Å². The first-order valence-electron chi connectivity index (χ1n) is 1.19. The van der Waals surface area contributed by atoms with Gasteiger partial charge in [0.2, 0.25) is 0 Å². The molecule has 0 spiro atoms. The molecule has 0 aliphatic heterocycles. The third kappa shape index (κ3) is 16.0. The second-order valence-corrected chi connectivity index (χ2v) is 0.749. The molecule has 0 saturated carbocycles. The summed E-state index contributed by atoms with van der Waals surface area (Å²) >= 11 is 0. The Labute approximate surface area is 130 Å². The van der Waals surface area contributed by atoms with Crippen LogP contribution in [0, 0.1) is 0 Å². The minimum atomic E-state index is -4.62. The molecule has 0 heterocycles. The molecule has 0 radical (unpaired) electrons. The van der Waals surface area contributed by atoms with E-state index in [1.165, 1.54) is 0 Å². The molecule has 0 aliphatic carbocycles. The van der Waals surface area contributed by atoms with Gasteiger partial charge in [-0.1, -0.05) is 0 Å². The van der Waals surface area contributed by atoms with Gasteiger partial charge in [-0.15, -0.1) is 0 Å². The Morgan fingerprint density at radius 2 is 1.12 bits per heavy atom. The van der Waals surface area contributed by atoms with Crippen LogP contribution in [0.15, 0.2) is 0 Å². The third-order valence-corrected chi connectivity index (χ3v) is 0.152. The van der Waals surface area contributed by atoms with E-state index in [1.807, 2.05) is 0 Å². The standard InChI is InChI=1S/C2H2F4.2K.2H/c3-1-2(4,5)6;;;;/h1H2;;;;. The first kappa shape index (κ1) is 17.2. The van der Waals surface area contributed by atoms with Crippen molar-refractivity contribution in [3.05, 3.63) is 0 Å². The summed E-state index contributed by atoms with van der Waals surface area (Å²) in [4.78, 5) is 0. The maximum atomic E-state index is 10.4. The van der Waals surface area contributed by atoms with Crippen molar-refractivity contribution in [1.82, 2.24) is 0 Å². The summed E-state index contributed by atoms with van der Waals surface area (Å²) in [6.45, 7) is -2.23. The molecule has 0 bridgehead atoms. The van der Waals surface area contributed by atoms with Gasteiger partial charge in [-0.25, -0.2) is 4.39 Å². The van der Waals surface area contributed by atoms with Gasteiger partial charge in [-0.05, 0) is 0 Å². The average Bonchev–Trinajstić information content (AvgIpc) is 1.35. The van der Waals surface area contributed by atoms with Crippen molar-refractivity contribution < 1.29 is 17.6 Å². The van der Waals surface area contributed by atoms with Crippen LogP contribution >= 0.6 is 0 Å². The van der Waals surface area contributed by atoms with Crippen LogP contribution in [-0.4, -0.2) is 116 Å². The minimum absolute atomic E-state index is 0. The predicted molar refractivity (Wildman–Crippen MR) is 26.3 cm³/mol. The molecular weight excluding hydrogens is 178 g/mol. The van der Waals surface area contributed by atoms with Crippen LogP contribution in [-0.2, 0) is 0 Å². The zero-order valence-electron chi connectivity index (χ0n) is 2.72. The van der Waals surface area contributed by atoms with Gasteiger partial charge in [-0.2, -0.15) is 13.2 Å². The fourth-order valence-electron chi connectivity index (χ4n) is 0. The Kier molecular flexibility index (Phi) is 17.4. The van der Waals surface area contributed by atoms with Crippen molar-refractivity contribution in [2.24, 2.45) is 0 Å². The third-order valence-electron chi connectivity index (χ3n) is 0.152. The van der Waals surface area contributed by atoms with Crippen LogP contribution in [0.2, 0.25) is 0 Å². The first-order chi connectivity index (χ1) is 2.56. The molecular formula is C2H4F4K2. The molecule has 0 rings (SSSR count). The van der Waals surface area contributed by atoms with Gasteiger partial charge in [0.05, 0.1) is 0 Å². The molecule has 0 amide bonds. The van der Waals surface area contributed by atoms with E-state index in [1.54, 1.807) is 0 Å². The molecule has 0 aromatic rings. The molecule has 0 atom stereocenters. The van der Waals surface area contributed by atoms with E-state index >= 15 is 0 Å². The van der Waals surface area contributed by atoms with Crippen LogP contribution in [0.5, 0.6) is 0 Å². The number of hydrogen-bond acceptors (Lipinski definition) is 0. The molecule has 0 N–H and O–H groups in total. The summed E-state index contributed by atoms with van der Waals surface area (Å²) in [5.74, 6) is 0. The molecule has 42 valence electrons. The quantitative estimate of drug-likeness (QED) is 0.371. The Morgan fingerprint density at radius 3 is 1.12 bits per heavy atom. The summed E-state index contributed by atoms with van der Waals surface area (Å²) < 4.78 is 41.6.